The fourth-order valence-corrected chi connectivity index (χ4v) is 16.3. The molecule has 4 N–H and O–H groups in total. The maximum atomic E-state index is 12.0. The van der Waals surface area contributed by atoms with Crippen molar-refractivity contribution in [3.63, 3.8) is 0 Å². The molecule has 0 amide bonds. The van der Waals surface area contributed by atoms with Crippen molar-refractivity contribution in [3.8, 4) is 0 Å². The average Bonchev–Trinajstić information content (AvgIpc) is 2.91. The van der Waals surface area contributed by atoms with Crippen LogP contribution in [0.2, 0.25) is 9.45 Å². The summed E-state index contributed by atoms with van der Waals surface area (Å²) in [5, 5.41) is 42.2. The molecule has 0 bridgehead atoms. The van der Waals surface area contributed by atoms with Gasteiger partial charge in [0, 0.05) is 0 Å². The van der Waals surface area contributed by atoms with E-state index < -0.39 is 16.6 Å². The second kappa shape index (κ2) is 25.5. The molecule has 0 saturated heterocycles. The van der Waals surface area contributed by atoms with Crippen molar-refractivity contribution < 1.29 is 37.0 Å². The second-order valence-corrected chi connectivity index (χ2v) is 19.3. The van der Waals surface area contributed by atoms with Crippen LogP contribution >= 0.6 is 0 Å². The van der Waals surface area contributed by atoms with Gasteiger partial charge in [-0.15, -0.1) is 0 Å². The van der Waals surface area contributed by atoms with E-state index in [1.165, 1.54) is 51.4 Å². The van der Waals surface area contributed by atoms with E-state index in [2.05, 4.69) is 27.7 Å². The predicted molar refractivity (Wildman–Crippen MR) is 158 cm³/mol. The standard InChI is InChI=1S/2C8H17O2.2C8H17.Ti/c2*9-7-5-3-1-2-4-6-8-10;2*1-4-6-7-8(3)5-2;/h2*7,9-10H,1-6,8H2;2*8H,3-7H2,1-2H3;. The van der Waals surface area contributed by atoms with Crippen molar-refractivity contribution in [3.05, 3.63) is 0 Å². The summed E-state index contributed by atoms with van der Waals surface area (Å²) in [6.07, 6.45) is 22.0. The van der Waals surface area contributed by atoms with Crippen molar-refractivity contribution in [2.24, 2.45) is 11.8 Å². The zero-order valence-electron chi connectivity index (χ0n) is 25.6. The number of unbranched alkanes of at least 4 members (excludes halogenated alkanes) is 10. The summed E-state index contributed by atoms with van der Waals surface area (Å²) < 4.78 is 1.73. The Balaban J connectivity index is 5.76. The SMILES string of the molecule is CCCCC(CC)[CH2][Ti]([CH2]C(CC)CCCC)([CH](O)CCCCCCCO)[CH](O)CCCCCCCO. The first kappa shape index (κ1) is 37.6. The Labute approximate surface area is 235 Å². The molecule has 5 heteroatoms. The second-order valence-electron chi connectivity index (χ2n) is 12.1. The average molecular weight is 565 g/mol. The van der Waals surface area contributed by atoms with Gasteiger partial charge in [-0.05, 0) is 0 Å². The van der Waals surface area contributed by atoms with Crippen molar-refractivity contribution >= 4 is 0 Å². The molecular formula is C32H68O4Ti. The van der Waals surface area contributed by atoms with E-state index in [9.17, 15) is 10.2 Å². The Morgan fingerprint density at radius 2 is 0.811 bits per heavy atom. The molecule has 0 aliphatic rings. The number of hydrogen-bond donors (Lipinski definition) is 4. The van der Waals surface area contributed by atoms with Crippen LogP contribution in [0.1, 0.15) is 156 Å². The quantitative estimate of drug-likeness (QED) is 0.0566. The van der Waals surface area contributed by atoms with E-state index in [1.807, 2.05) is 0 Å². The Hall–Kier alpha value is 0.554. The maximum absolute atomic E-state index is 12.0. The first-order chi connectivity index (χ1) is 17.9. The summed E-state index contributed by atoms with van der Waals surface area (Å²) >= 11 is -3.08. The first-order valence-electron chi connectivity index (χ1n) is 16.5. The van der Waals surface area contributed by atoms with Gasteiger partial charge in [0.15, 0.2) is 0 Å². The van der Waals surface area contributed by atoms with Crippen LogP contribution in [-0.4, -0.2) is 42.5 Å². The van der Waals surface area contributed by atoms with E-state index >= 15 is 0 Å². The van der Waals surface area contributed by atoms with E-state index in [4.69, 9.17) is 10.2 Å². The molecule has 37 heavy (non-hydrogen) atoms. The molecule has 0 spiro atoms. The summed E-state index contributed by atoms with van der Waals surface area (Å²) in [4.78, 5) is 0. The van der Waals surface area contributed by atoms with Crippen molar-refractivity contribution in [2.75, 3.05) is 13.2 Å². The minimum atomic E-state index is -3.08. The van der Waals surface area contributed by atoms with Crippen molar-refractivity contribution in [1.29, 1.82) is 0 Å². The van der Waals surface area contributed by atoms with Gasteiger partial charge in [0.05, 0.1) is 0 Å². The number of rotatable bonds is 28. The van der Waals surface area contributed by atoms with Gasteiger partial charge in [0.1, 0.15) is 0 Å². The number of aliphatic hydroxyl groups excluding tert-OH is 4. The summed E-state index contributed by atoms with van der Waals surface area (Å²) in [5.74, 6) is 1.28. The number of aliphatic hydroxyl groups is 4. The fraction of sp³-hybridized carbons (Fsp3) is 1.00. The summed E-state index contributed by atoms with van der Waals surface area (Å²) in [7, 11) is 0. The molecule has 0 aliphatic heterocycles. The summed E-state index contributed by atoms with van der Waals surface area (Å²) in [5.41, 5.74) is 0. The van der Waals surface area contributed by atoms with Crippen LogP contribution in [0.5, 0.6) is 0 Å². The van der Waals surface area contributed by atoms with Crippen LogP contribution in [0.15, 0.2) is 0 Å². The van der Waals surface area contributed by atoms with Gasteiger partial charge in [0.25, 0.3) is 0 Å². The third-order valence-electron chi connectivity index (χ3n) is 9.02. The van der Waals surface area contributed by atoms with E-state index in [0.29, 0.717) is 11.8 Å². The van der Waals surface area contributed by atoms with Gasteiger partial charge >= 0.3 is 236 Å². The van der Waals surface area contributed by atoms with Gasteiger partial charge in [-0.25, -0.2) is 0 Å². The number of hydrogen-bond acceptors (Lipinski definition) is 4. The zero-order chi connectivity index (χ0) is 27.8. The van der Waals surface area contributed by atoms with Crippen LogP contribution in [0.4, 0.5) is 0 Å². The van der Waals surface area contributed by atoms with Gasteiger partial charge in [-0.2, -0.15) is 0 Å². The molecule has 4 unspecified atom stereocenters. The monoisotopic (exact) mass is 564 g/mol. The molecule has 0 aromatic rings. The Kier molecular flexibility index (Phi) is 25.9. The molecule has 0 heterocycles. The van der Waals surface area contributed by atoms with Gasteiger partial charge in [-0.3, -0.25) is 0 Å². The molecule has 0 aliphatic carbocycles. The molecule has 0 saturated carbocycles. The minimum absolute atomic E-state index is 0.270. The molecular weight excluding hydrogens is 496 g/mol. The van der Waals surface area contributed by atoms with E-state index in [1.54, 1.807) is 0 Å². The van der Waals surface area contributed by atoms with Gasteiger partial charge in [-0.1, -0.05) is 0 Å². The van der Waals surface area contributed by atoms with E-state index in [-0.39, 0.29) is 22.0 Å². The molecule has 224 valence electrons. The van der Waals surface area contributed by atoms with Crippen molar-refractivity contribution in [1.82, 2.24) is 0 Å². The zero-order valence-corrected chi connectivity index (χ0v) is 27.1. The first-order valence-corrected chi connectivity index (χ1v) is 20.5. The molecule has 4 atom stereocenters. The van der Waals surface area contributed by atoms with Gasteiger partial charge in [0.2, 0.25) is 0 Å². The Morgan fingerprint density at radius 3 is 1.14 bits per heavy atom. The van der Waals surface area contributed by atoms with Gasteiger partial charge < -0.3 is 0 Å². The predicted octanol–water partition coefficient (Wildman–Crippen LogP) is 8.71. The van der Waals surface area contributed by atoms with E-state index in [0.717, 1.165) is 86.5 Å². The molecule has 0 aromatic carbocycles. The molecule has 4 nitrogen and oxygen atoms in total. The molecule has 0 aromatic heterocycles. The van der Waals surface area contributed by atoms with Crippen LogP contribution in [-0.2, 0) is 16.6 Å². The molecule has 0 rings (SSSR count). The fourth-order valence-electron chi connectivity index (χ4n) is 6.35. The Morgan fingerprint density at radius 1 is 0.459 bits per heavy atom. The van der Waals surface area contributed by atoms with Crippen LogP contribution in [0.3, 0.4) is 0 Å². The molecule has 0 fully saturated rings. The third-order valence-corrected chi connectivity index (χ3v) is 18.2. The van der Waals surface area contributed by atoms with Crippen LogP contribution in [0.25, 0.3) is 0 Å². The van der Waals surface area contributed by atoms with Crippen LogP contribution < -0.4 is 0 Å². The summed E-state index contributed by atoms with van der Waals surface area (Å²) in [6.45, 7) is 9.75. The molecule has 0 radical (unpaired) electrons. The Bertz CT molecular complexity index is 434. The normalized spacial score (nSPS) is 16.9. The van der Waals surface area contributed by atoms with Crippen LogP contribution in [0, 0.1) is 11.8 Å². The third kappa shape index (κ3) is 17.1. The summed E-state index contributed by atoms with van der Waals surface area (Å²) in [6, 6.07) is 0. The topological polar surface area (TPSA) is 80.9 Å². The van der Waals surface area contributed by atoms with Crippen molar-refractivity contribution in [2.45, 2.75) is 174 Å².